The molecule has 5 nitrogen and oxygen atoms in total. The number of carbonyl (C=O) groups is 1. The fraction of sp³-hybridized carbons (Fsp3) is 0.562. The second-order valence-corrected chi connectivity index (χ2v) is 5.90. The van der Waals surface area contributed by atoms with Crippen molar-refractivity contribution >= 4 is 11.7 Å². The Bertz CT molecular complexity index is 556. The second kappa shape index (κ2) is 7.74. The molecule has 2 rings (SSSR count). The molecule has 1 aromatic carbocycles. The van der Waals surface area contributed by atoms with E-state index in [1.165, 1.54) is 18.2 Å². The molecule has 1 aliphatic heterocycles. The van der Waals surface area contributed by atoms with Gasteiger partial charge in [0.1, 0.15) is 5.75 Å². The number of urea groups is 1. The van der Waals surface area contributed by atoms with Gasteiger partial charge in [-0.1, -0.05) is 12.1 Å². The van der Waals surface area contributed by atoms with E-state index in [0.29, 0.717) is 25.9 Å². The first-order valence-electron chi connectivity index (χ1n) is 7.79. The SMILES string of the molecule is CC(O)C1CCN(C(=O)Nc2ccccc2OCC(F)(F)F)CC1. The van der Waals surface area contributed by atoms with Gasteiger partial charge < -0.3 is 20.1 Å². The van der Waals surface area contributed by atoms with Gasteiger partial charge in [0.25, 0.3) is 0 Å². The highest BCUT2D eigenvalue weighted by Crippen LogP contribution is 2.27. The lowest BCUT2D eigenvalue weighted by Crippen LogP contribution is -2.42. The van der Waals surface area contributed by atoms with Gasteiger partial charge in [-0.05, 0) is 37.8 Å². The molecule has 1 aromatic rings. The van der Waals surface area contributed by atoms with Gasteiger partial charge in [0, 0.05) is 13.1 Å². The number of alkyl halides is 3. The van der Waals surface area contributed by atoms with Crippen molar-refractivity contribution in [1.29, 1.82) is 0 Å². The van der Waals surface area contributed by atoms with E-state index in [-0.39, 0.29) is 23.4 Å². The van der Waals surface area contributed by atoms with Crippen LogP contribution in [0.4, 0.5) is 23.7 Å². The monoisotopic (exact) mass is 346 g/mol. The van der Waals surface area contributed by atoms with Gasteiger partial charge in [0.2, 0.25) is 0 Å². The Balaban J connectivity index is 1.95. The fourth-order valence-electron chi connectivity index (χ4n) is 2.63. The molecule has 0 bridgehead atoms. The molecule has 0 spiro atoms. The molecular weight excluding hydrogens is 325 g/mol. The first-order chi connectivity index (χ1) is 11.3. The summed E-state index contributed by atoms with van der Waals surface area (Å²) < 4.78 is 41.6. The highest BCUT2D eigenvalue weighted by atomic mass is 19.4. The van der Waals surface area contributed by atoms with Crippen LogP contribution in [0.5, 0.6) is 5.75 Å². The largest absolute Gasteiger partial charge is 0.482 e. The molecule has 1 aliphatic rings. The number of anilines is 1. The van der Waals surface area contributed by atoms with E-state index in [9.17, 15) is 23.1 Å². The van der Waals surface area contributed by atoms with Crippen LogP contribution in [0.15, 0.2) is 24.3 Å². The average molecular weight is 346 g/mol. The molecule has 24 heavy (non-hydrogen) atoms. The number of ether oxygens (including phenoxy) is 1. The Labute approximate surface area is 138 Å². The van der Waals surface area contributed by atoms with Crippen molar-refractivity contribution in [3.05, 3.63) is 24.3 Å². The average Bonchev–Trinajstić information content (AvgIpc) is 2.53. The molecule has 2 N–H and O–H groups in total. The van der Waals surface area contributed by atoms with E-state index in [1.54, 1.807) is 17.9 Å². The summed E-state index contributed by atoms with van der Waals surface area (Å²) in [7, 11) is 0. The van der Waals surface area contributed by atoms with Crippen LogP contribution in [0, 0.1) is 5.92 Å². The number of aliphatic hydroxyl groups excluding tert-OH is 1. The summed E-state index contributed by atoms with van der Waals surface area (Å²) >= 11 is 0. The molecule has 0 saturated carbocycles. The maximum atomic E-state index is 12.3. The van der Waals surface area contributed by atoms with Crippen LogP contribution < -0.4 is 10.1 Å². The molecule has 8 heteroatoms. The van der Waals surface area contributed by atoms with E-state index in [4.69, 9.17) is 4.74 Å². The van der Waals surface area contributed by atoms with Crippen molar-refractivity contribution in [3.8, 4) is 5.75 Å². The molecule has 0 aromatic heterocycles. The number of hydrogen-bond acceptors (Lipinski definition) is 3. The number of nitrogens with zero attached hydrogens (tertiary/aromatic N) is 1. The summed E-state index contributed by atoms with van der Waals surface area (Å²) in [6, 6.07) is 5.63. The van der Waals surface area contributed by atoms with Crippen LogP contribution in [0.2, 0.25) is 0 Å². The minimum atomic E-state index is -4.44. The minimum absolute atomic E-state index is 0.0259. The van der Waals surface area contributed by atoms with Crippen LogP contribution in [-0.2, 0) is 0 Å². The molecule has 1 fully saturated rings. The normalized spacial score (nSPS) is 17.5. The van der Waals surface area contributed by atoms with Gasteiger partial charge in [0.15, 0.2) is 6.61 Å². The number of piperidine rings is 1. The number of hydrogen-bond donors (Lipinski definition) is 2. The number of amides is 2. The molecule has 1 unspecified atom stereocenters. The van der Waals surface area contributed by atoms with E-state index in [0.717, 1.165) is 0 Å². The summed E-state index contributed by atoms with van der Waals surface area (Å²) in [4.78, 5) is 13.9. The molecule has 1 saturated heterocycles. The fourth-order valence-corrected chi connectivity index (χ4v) is 2.63. The van der Waals surface area contributed by atoms with Crippen LogP contribution in [0.1, 0.15) is 19.8 Å². The van der Waals surface area contributed by atoms with Crippen molar-refractivity contribution in [1.82, 2.24) is 4.90 Å². The van der Waals surface area contributed by atoms with Crippen molar-refractivity contribution in [3.63, 3.8) is 0 Å². The van der Waals surface area contributed by atoms with Crippen LogP contribution in [0.3, 0.4) is 0 Å². The molecule has 0 radical (unpaired) electrons. The quantitative estimate of drug-likeness (QED) is 0.880. The third-order valence-electron chi connectivity index (χ3n) is 4.03. The lowest BCUT2D eigenvalue weighted by Gasteiger charge is -2.33. The second-order valence-electron chi connectivity index (χ2n) is 5.90. The zero-order chi connectivity index (χ0) is 17.7. The summed E-state index contributed by atoms with van der Waals surface area (Å²) in [5, 5.41) is 12.2. The Kier molecular flexibility index (Phi) is 5.93. The van der Waals surface area contributed by atoms with Gasteiger partial charge in [-0.3, -0.25) is 0 Å². The molecule has 2 amide bonds. The zero-order valence-corrected chi connectivity index (χ0v) is 13.3. The van der Waals surface area contributed by atoms with E-state index >= 15 is 0 Å². The topological polar surface area (TPSA) is 61.8 Å². The Hall–Kier alpha value is -1.96. The standard InChI is InChI=1S/C16H21F3N2O3/c1-11(22)12-6-8-21(9-7-12)15(23)20-13-4-2-3-5-14(13)24-10-16(17,18)19/h2-5,11-12,22H,6-10H2,1H3,(H,20,23). The number of nitrogens with one attached hydrogen (secondary N) is 1. The first kappa shape index (κ1) is 18.4. The number of carbonyl (C=O) groups excluding carboxylic acids is 1. The number of halogens is 3. The zero-order valence-electron chi connectivity index (χ0n) is 13.3. The Morgan fingerprint density at radius 2 is 2.00 bits per heavy atom. The van der Waals surface area contributed by atoms with Crippen molar-refractivity contribution in [2.24, 2.45) is 5.92 Å². The van der Waals surface area contributed by atoms with Crippen molar-refractivity contribution in [2.75, 3.05) is 25.0 Å². The molecule has 1 heterocycles. The van der Waals surface area contributed by atoms with Gasteiger partial charge in [-0.25, -0.2) is 4.79 Å². The lowest BCUT2D eigenvalue weighted by molar-refractivity contribution is -0.153. The number of aliphatic hydroxyl groups is 1. The third-order valence-corrected chi connectivity index (χ3v) is 4.03. The number of benzene rings is 1. The van der Waals surface area contributed by atoms with E-state index < -0.39 is 18.9 Å². The van der Waals surface area contributed by atoms with Crippen molar-refractivity contribution in [2.45, 2.75) is 32.0 Å². The smallest absolute Gasteiger partial charge is 0.422 e. The van der Waals surface area contributed by atoms with E-state index in [2.05, 4.69) is 5.32 Å². The predicted octanol–water partition coefficient (Wildman–Crippen LogP) is 3.25. The van der Waals surface area contributed by atoms with Crippen LogP contribution in [0.25, 0.3) is 0 Å². The highest BCUT2D eigenvalue weighted by molar-refractivity contribution is 5.91. The summed E-state index contributed by atoms with van der Waals surface area (Å²) in [5.41, 5.74) is 0.199. The molecular formula is C16H21F3N2O3. The number of rotatable bonds is 4. The van der Waals surface area contributed by atoms with Gasteiger partial charge in [0.05, 0.1) is 11.8 Å². The van der Waals surface area contributed by atoms with Crippen LogP contribution >= 0.6 is 0 Å². The summed E-state index contributed by atoms with van der Waals surface area (Å²) in [5.74, 6) is 0.137. The molecule has 1 atom stereocenters. The number of likely N-dealkylation sites (tertiary alicyclic amines) is 1. The van der Waals surface area contributed by atoms with Crippen molar-refractivity contribution < 1.29 is 27.8 Å². The predicted molar refractivity (Wildman–Crippen MR) is 83.0 cm³/mol. The molecule has 0 aliphatic carbocycles. The van der Waals surface area contributed by atoms with Gasteiger partial charge >= 0.3 is 12.2 Å². The number of para-hydroxylation sites is 2. The maximum absolute atomic E-state index is 12.3. The maximum Gasteiger partial charge on any atom is 0.422 e. The Morgan fingerprint density at radius 3 is 2.58 bits per heavy atom. The Morgan fingerprint density at radius 1 is 1.38 bits per heavy atom. The minimum Gasteiger partial charge on any atom is -0.482 e. The third kappa shape index (κ3) is 5.30. The first-order valence-corrected chi connectivity index (χ1v) is 7.79. The molecule has 134 valence electrons. The highest BCUT2D eigenvalue weighted by Gasteiger charge is 2.29. The summed E-state index contributed by atoms with van der Waals surface area (Å²) in [6.45, 7) is 1.30. The van der Waals surface area contributed by atoms with E-state index in [1.807, 2.05) is 0 Å². The lowest BCUT2D eigenvalue weighted by atomic mass is 9.92. The van der Waals surface area contributed by atoms with Crippen LogP contribution in [-0.4, -0.2) is 48.0 Å². The van der Waals surface area contributed by atoms with Gasteiger partial charge in [-0.15, -0.1) is 0 Å². The van der Waals surface area contributed by atoms with Gasteiger partial charge in [-0.2, -0.15) is 13.2 Å². The summed E-state index contributed by atoms with van der Waals surface area (Å²) in [6.07, 6.45) is -3.47.